The lowest BCUT2D eigenvalue weighted by atomic mass is 9.95. The standard InChI is InChI=1S/C29H30N6O3/c1-29(23-9-5-7-11-26(23)36)33-32-28(31-17-19-12-14-21(15-13-19)34(2)3)35(29)25(27(37)38)16-20-18-30-24-10-6-4-8-22(20)24/h4-15,17-18,25,30,33,36H,16H2,1-3H3,(H,37,38)/b31-17+. The number of benzene rings is 3. The number of aromatic amines is 1. The number of carboxylic acids is 1. The number of aromatic nitrogens is 1. The van der Waals surface area contributed by atoms with Crippen molar-refractivity contribution in [1.82, 2.24) is 15.3 Å². The summed E-state index contributed by atoms with van der Waals surface area (Å²) in [5.41, 5.74) is 6.09. The quantitative estimate of drug-likeness (QED) is 0.278. The Morgan fingerprint density at radius 1 is 1.11 bits per heavy atom. The van der Waals surface area contributed by atoms with Crippen molar-refractivity contribution in [1.29, 1.82) is 0 Å². The number of aliphatic carboxylic acids is 1. The average molecular weight is 511 g/mol. The number of H-pyrrole nitrogens is 1. The number of nitrogens with one attached hydrogen (secondary N) is 2. The summed E-state index contributed by atoms with van der Waals surface area (Å²) in [5.74, 6) is -0.790. The van der Waals surface area contributed by atoms with Gasteiger partial charge in [-0.1, -0.05) is 48.5 Å². The van der Waals surface area contributed by atoms with Crippen LogP contribution in [0.5, 0.6) is 5.75 Å². The second kappa shape index (κ2) is 9.93. The largest absolute Gasteiger partial charge is 0.508 e. The second-order valence-electron chi connectivity index (χ2n) is 9.64. The van der Waals surface area contributed by atoms with Gasteiger partial charge in [-0.15, -0.1) is 5.10 Å². The van der Waals surface area contributed by atoms with Crippen LogP contribution >= 0.6 is 0 Å². The van der Waals surface area contributed by atoms with E-state index in [0.717, 1.165) is 27.7 Å². The van der Waals surface area contributed by atoms with E-state index in [-0.39, 0.29) is 18.1 Å². The van der Waals surface area contributed by atoms with Crippen molar-refractivity contribution < 1.29 is 15.0 Å². The maximum Gasteiger partial charge on any atom is 0.326 e. The summed E-state index contributed by atoms with van der Waals surface area (Å²) in [6.45, 7) is 1.80. The number of guanidine groups is 1. The maximum atomic E-state index is 12.8. The highest BCUT2D eigenvalue weighted by atomic mass is 16.4. The predicted molar refractivity (Wildman–Crippen MR) is 150 cm³/mol. The van der Waals surface area contributed by atoms with Crippen molar-refractivity contribution in [2.75, 3.05) is 19.0 Å². The number of aliphatic imine (C=N–C) groups is 1. The topological polar surface area (TPSA) is 117 Å². The van der Waals surface area contributed by atoms with Crippen LogP contribution < -0.4 is 10.3 Å². The van der Waals surface area contributed by atoms with E-state index in [1.807, 2.05) is 73.7 Å². The van der Waals surface area contributed by atoms with Gasteiger partial charge in [0.15, 0.2) is 5.66 Å². The molecular weight excluding hydrogens is 480 g/mol. The van der Waals surface area contributed by atoms with Gasteiger partial charge in [-0.2, -0.15) is 0 Å². The van der Waals surface area contributed by atoms with E-state index in [1.165, 1.54) is 0 Å². The molecule has 9 nitrogen and oxygen atoms in total. The molecule has 1 aliphatic heterocycles. The van der Waals surface area contributed by atoms with Crippen LogP contribution in [-0.4, -0.2) is 58.4 Å². The molecule has 5 rings (SSSR count). The molecule has 0 amide bonds. The van der Waals surface area contributed by atoms with Crippen LogP contribution in [0, 0.1) is 0 Å². The molecule has 4 N–H and O–H groups in total. The second-order valence-corrected chi connectivity index (χ2v) is 9.64. The smallest absolute Gasteiger partial charge is 0.326 e. The van der Waals surface area contributed by atoms with Crippen molar-refractivity contribution >= 4 is 34.7 Å². The Kier molecular flexibility index (Phi) is 6.50. The number of hydrazone groups is 1. The first-order chi connectivity index (χ1) is 18.3. The van der Waals surface area contributed by atoms with E-state index < -0.39 is 17.7 Å². The Balaban J connectivity index is 1.55. The fourth-order valence-corrected chi connectivity index (χ4v) is 4.87. The Hall–Kier alpha value is -4.79. The van der Waals surface area contributed by atoms with Gasteiger partial charge in [0, 0.05) is 55.1 Å². The minimum absolute atomic E-state index is 0.0310. The Labute approximate surface area is 220 Å². The van der Waals surface area contributed by atoms with Gasteiger partial charge in [0.1, 0.15) is 11.8 Å². The molecule has 0 bridgehead atoms. The number of carboxylic acid groups (broad SMARTS) is 1. The van der Waals surface area contributed by atoms with Gasteiger partial charge in [-0.25, -0.2) is 9.79 Å². The normalized spacial score (nSPS) is 18.0. The summed E-state index contributed by atoms with van der Waals surface area (Å²) in [6.07, 6.45) is 3.69. The SMILES string of the molecule is CN(C)c1ccc(/C=N/C2=NNC(C)(c3ccccc3O)N2C(Cc2c[nH]c3ccccc23)C(=O)O)cc1. The fraction of sp³-hybridized carbons (Fsp3) is 0.207. The molecular formula is C29H30N6O3. The number of carbonyl (C=O) groups is 1. The van der Waals surface area contributed by atoms with Gasteiger partial charge in [-0.3, -0.25) is 10.3 Å². The van der Waals surface area contributed by atoms with Crippen LogP contribution in [0.15, 0.2) is 89.1 Å². The zero-order chi connectivity index (χ0) is 26.9. The predicted octanol–water partition coefficient (Wildman–Crippen LogP) is 4.10. The van der Waals surface area contributed by atoms with Crippen LogP contribution in [0.25, 0.3) is 10.9 Å². The molecule has 2 heterocycles. The number of phenolic OH excluding ortho intramolecular Hbond substituents is 1. The van der Waals surface area contributed by atoms with E-state index in [2.05, 4.69) is 20.5 Å². The number of aromatic hydroxyl groups is 1. The number of anilines is 1. The van der Waals surface area contributed by atoms with E-state index in [1.54, 1.807) is 42.3 Å². The van der Waals surface area contributed by atoms with Crippen LogP contribution in [0.1, 0.15) is 23.6 Å². The van der Waals surface area contributed by atoms with Crippen LogP contribution in [0.2, 0.25) is 0 Å². The minimum Gasteiger partial charge on any atom is -0.508 e. The van der Waals surface area contributed by atoms with Crippen molar-refractivity contribution in [2.45, 2.75) is 25.0 Å². The maximum absolute atomic E-state index is 12.8. The highest BCUT2D eigenvalue weighted by Crippen LogP contribution is 2.38. The third kappa shape index (κ3) is 4.54. The molecule has 0 aliphatic carbocycles. The monoisotopic (exact) mass is 510 g/mol. The van der Waals surface area contributed by atoms with E-state index in [9.17, 15) is 15.0 Å². The first-order valence-corrected chi connectivity index (χ1v) is 12.3. The zero-order valence-electron chi connectivity index (χ0n) is 21.5. The number of rotatable bonds is 7. The van der Waals surface area contributed by atoms with E-state index in [0.29, 0.717) is 5.56 Å². The number of hydrogen-bond acceptors (Lipinski definition) is 7. The highest BCUT2D eigenvalue weighted by Gasteiger charge is 2.48. The van der Waals surface area contributed by atoms with Crippen LogP contribution in [0.4, 0.5) is 5.69 Å². The molecule has 38 heavy (non-hydrogen) atoms. The molecule has 9 heteroatoms. The van der Waals surface area contributed by atoms with Gasteiger partial charge < -0.3 is 20.1 Å². The lowest BCUT2D eigenvalue weighted by Crippen LogP contribution is -2.56. The number of nitrogens with zero attached hydrogens (tertiary/aromatic N) is 4. The summed E-state index contributed by atoms with van der Waals surface area (Å²) in [5, 5.41) is 26.6. The van der Waals surface area contributed by atoms with Gasteiger partial charge in [-0.05, 0) is 42.3 Å². The summed E-state index contributed by atoms with van der Waals surface area (Å²) < 4.78 is 0. The Morgan fingerprint density at radius 3 is 2.53 bits per heavy atom. The van der Waals surface area contributed by atoms with E-state index >= 15 is 0 Å². The van der Waals surface area contributed by atoms with Crippen molar-refractivity contribution in [3.63, 3.8) is 0 Å². The molecule has 0 fully saturated rings. The molecule has 0 saturated carbocycles. The molecule has 1 aromatic heterocycles. The van der Waals surface area contributed by atoms with E-state index in [4.69, 9.17) is 0 Å². The molecule has 1 aliphatic rings. The number of hydrogen-bond donors (Lipinski definition) is 4. The molecule has 2 atom stereocenters. The first kappa shape index (κ1) is 24.9. The lowest BCUT2D eigenvalue weighted by molar-refractivity contribution is -0.143. The Bertz CT molecular complexity index is 1520. The molecule has 2 unspecified atom stereocenters. The molecule has 0 saturated heterocycles. The Morgan fingerprint density at radius 2 is 1.82 bits per heavy atom. The lowest BCUT2D eigenvalue weighted by Gasteiger charge is -2.39. The van der Waals surface area contributed by atoms with Gasteiger partial charge in [0.25, 0.3) is 0 Å². The first-order valence-electron chi connectivity index (χ1n) is 12.3. The zero-order valence-corrected chi connectivity index (χ0v) is 21.5. The van der Waals surface area contributed by atoms with Gasteiger partial charge in [0.2, 0.25) is 5.96 Å². The van der Waals surface area contributed by atoms with Crippen LogP contribution in [-0.2, 0) is 16.9 Å². The average Bonchev–Trinajstić information content (AvgIpc) is 3.47. The summed E-state index contributed by atoms with van der Waals surface area (Å²) in [7, 11) is 3.94. The number of phenols is 1. The summed E-state index contributed by atoms with van der Waals surface area (Å²) >= 11 is 0. The third-order valence-corrected chi connectivity index (χ3v) is 6.92. The third-order valence-electron chi connectivity index (χ3n) is 6.92. The molecule has 0 radical (unpaired) electrons. The van der Waals surface area contributed by atoms with Crippen molar-refractivity contribution in [2.24, 2.45) is 10.1 Å². The number of fused-ring (bicyclic) bond motifs is 1. The molecule has 3 aromatic carbocycles. The fourth-order valence-electron chi connectivity index (χ4n) is 4.87. The van der Waals surface area contributed by atoms with Gasteiger partial charge in [0.05, 0.1) is 0 Å². The minimum atomic E-state index is -1.16. The summed E-state index contributed by atoms with van der Waals surface area (Å²) in [4.78, 5) is 24.3. The molecule has 0 spiro atoms. The van der Waals surface area contributed by atoms with Gasteiger partial charge >= 0.3 is 5.97 Å². The number of para-hydroxylation sites is 2. The highest BCUT2D eigenvalue weighted by molar-refractivity contribution is 5.97. The molecule has 194 valence electrons. The van der Waals surface area contributed by atoms with Crippen molar-refractivity contribution in [3.05, 3.63) is 95.7 Å². The molecule has 4 aromatic rings. The van der Waals surface area contributed by atoms with Crippen molar-refractivity contribution in [3.8, 4) is 5.75 Å². The summed E-state index contributed by atoms with van der Waals surface area (Å²) in [6, 6.07) is 21.4. The van der Waals surface area contributed by atoms with Crippen LogP contribution in [0.3, 0.4) is 0 Å².